The van der Waals surface area contributed by atoms with Crippen molar-refractivity contribution >= 4 is 11.8 Å². The molecule has 0 saturated carbocycles. The van der Waals surface area contributed by atoms with Gasteiger partial charge in [-0.15, -0.1) is 0 Å². The molecule has 0 bridgehead atoms. The molecule has 2 heterocycles. The van der Waals surface area contributed by atoms with Crippen LogP contribution in [0.15, 0.2) is 18.5 Å². The zero-order valence-electron chi connectivity index (χ0n) is 8.53. The number of rotatable bonds is 1. The third kappa shape index (κ3) is 1.55. The second-order valence-electron chi connectivity index (χ2n) is 3.94. The number of aliphatic hydroxyl groups is 1. The minimum Gasteiger partial charge on any atom is -0.384 e. The van der Waals surface area contributed by atoms with Crippen LogP contribution in [0.2, 0.25) is 0 Å². The van der Waals surface area contributed by atoms with Crippen LogP contribution >= 0.6 is 11.8 Å². The molecule has 1 saturated heterocycles. The largest absolute Gasteiger partial charge is 0.384 e. The summed E-state index contributed by atoms with van der Waals surface area (Å²) in [4.78, 5) is 4.14. The molecule has 2 unspecified atom stereocenters. The summed E-state index contributed by atoms with van der Waals surface area (Å²) < 4.78 is 0. The number of pyridine rings is 1. The van der Waals surface area contributed by atoms with E-state index in [2.05, 4.69) is 11.9 Å². The Morgan fingerprint density at radius 2 is 2.36 bits per heavy atom. The number of hydrogen-bond donors (Lipinski definition) is 1. The molecule has 0 spiro atoms. The summed E-state index contributed by atoms with van der Waals surface area (Å²) >= 11 is 1.83. The minimum absolute atomic E-state index is 0.270. The summed E-state index contributed by atoms with van der Waals surface area (Å²) in [6.07, 6.45) is 4.44. The molecule has 0 aliphatic carbocycles. The highest BCUT2D eigenvalue weighted by Gasteiger charge is 2.40. The Labute approximate surface area is 88.8 Å². The Kier molecular flexibility index (Phi) is 2.54. The van der Waals surface area contributed by atoms with Crippen molar-refractivity contribution in [3.05, 3.63) is 29.6 Å². The van der Waals surface area contributed by atoms with Gasteiger partial charge in [-0.25, -0.2) is 0 Å². The van der Waals surface area contributed by atoms with Gasteiger partial charge in [0.2, 0.25) is 0 Å². The van der Waals surface area contributed by atoms with E-state index >= 15 is 0 Å². The third-order valence-electron chi connectivity index (χ3n) is 2.90. The van der Waals surface area contributed by atoms with E-state index in [1.165, 1.54) is 0 Å². The lowest BCUT2D eigenvalue weighted by molar-refractivity contribution is 0.0423. The van der Waals surface area contributed by atoms with Gasteiger partial charge in [0.25, 0.3) is 0 Å². The van der Waals surface area contributed by atoms with Crippen LogP contribution in [-0.4, -0.2) is 21.1 Å². The fourth-order valence-corrected chi connectivity index (χ4v) is 3.22. The van der Waals surface area contributed by atoms with Gasteiger partial charge in [-0.1, -0.05) is 13.0 Å². The maximum atomic E-state index is 10.5. The molecule has 76 valence electrons. The van der Waals surface area contributed by atoms with Gasteiger partial charge in [0.1, 0.15) is 5.60 Å². The average molecular weight is 209 g/mol. The van der Waals surface area contributed by atoms with E-state index in [0.29, 0.717) is 0 Å². The molecule has 2 rings (SSSR count). The lowest BCUT2D eigenvalue weighted by atomic mass is 9.89. The van der Waals surface area contributed by atoms with Gasteiger partial charge in [0.15, 0.2) is 0 Å². The number of aryl methyl sites for hydroxylation is 1. The first-order valence-electron chi connectivity index (χ1n) is 4.89. The maximum Gasteiger partial charge on any atom is 0.103 e. The summed E-state index contributed by atoms with van der Waals surface area (Å²) in [5.74, 6) is 1.03. The van der Waals surface area contributed by atoms with Crippen molar-refractivity contribution < 1.29 is 5.11 Å². The van der Waals surface area contributed by atoms with E-state index in [9.17, 15) is 5.11 Å². The topological polar surface area (TPSA) is 33.1 Å². The molecule has 3 heteroatoms. The van der Waals surface area contributed by atoms with E-state index < -0.39 is 5.60 Å². The van der Waals surface area contributed by atoms with Crippen molar-refractivity contribution in [3.63, 3.8) is 0 Å². The fraction of sp³-hybridized carbons (Fsp3) is 0.545. The lowest BCUT2D eigenvalue weighted by Gasteiger charge is -2.27. The summed E-state index contributed by atoms with van der Waals surface area (Å²) in [5, 5.41) is 10.8. The van der Waals surface area contributed by atoms with Gasteiger partial charge >= 0.3 is 0 Å². The molecule has 2 nitrogen and oxygen atoms in total. The molecule has 0 amide bonds. The van der Waals surface area contributed by atoms with E-state index in [-0.39, 0.29) is 5.25 Å². The average Bonchev–Trinajstić information content (AvgIpc) is 2.49. The summed E-state index contributed by atoms with van der Waals surface area (Å²) in [6.45, 7) is 4.09. The quantitative estimate of drug-likeness (QED) is 0.769. The van der Waals surface area contributed by atoms with Crippen molar-refractivity contribution in [1.29, 1.82) is 0 Å². The van der Waals surface area contributed by atoms with Gasteiger partial charge < -0.3 is 5.11 Å². The molecule has 0 aromatic carbocycles. The summed E-state index contributed by atoms with van der Waals surface area (Å²) in [6, 6.07) is 2.04. The first-order chi connectivity index (χ1) is 6.63. The van der Waals surface area contributed by atoms with Crippen LogP contribution in [0.4, 0.5) is 0 Å². The molecule has 1 aromatic heterocycles. The predicted octanol–water partition coefficient (Wildman–Crippen LogP) is 2.10. The van der Waals surface area contributed by atoms with Crippen LogP contribution in [0.5, 0.6) is 0 Å². The zero-order valence-corrected chi connectivity index (χ0v) is 9.34. The Morgan fingerprint density at radius 1 is 1.57 bits per heavy atom. The lowest BCUT2D eigenvalue weighted by Crippen LogP contribution is -2.31. The third-order valence-corrected chi connectivity index (χ3v) is 4.23. The van der Waals surface area contributed by atoms with Crippen molar-refractivity contribution in [1.82, 2.24) is 4.98 Å². The zero-order chi connectivity index (χ0) is 10.2. The fourth-order valence-electron chi connectivity index (χ4n) is 1.90. The maximum absolute atomic E-state index is 10.5. The molecule has 1 aliphatic rings. The Balaban J connectivity index is 2.38. The van der Waals surface area contributed by atoms with Crippen LogP contribution in [0.3, 0.4) is 0 Å². The van der Waals surface area contributed by atoms with E-state index in [1.807, 2.05) is 30.9 Å². The van der Waals surface area contributed by atoms with Crippen LogP contribution in [-0.2, 0) is 5.60 Å². The second kappa shape index (κ2) is 3.55. The normalized spacial score (nSPS) is 32.1. The van der Waals surface area contributed by atoms with Crippen molar-refractivity contribution in [2.45, 2.75) is 31.1 Å². The SMILES string of the molecule is Cc1cncc(C2(O)CCSC2C)c1. The van der Waals surface area contributed by atoms with Gasteiger partial charge in [-0.2, -0.15) is 11.8 Å². The molecular formula is C11H15NOS. The first kappa shape index (κ1) is 9.99. The van der Waals surface area contributed by atoms with Crippen molar-refractivity contribution in [2.75, 3.05) is 5.75 Å². The van der Waals surface area contributed by atoms with Crippen LogP contribution < -0.4 is 0 Å². The molecule has 2 atom stereocenters. The van der Waals surface area contributed by atoms with E-state index in [0.717, 1.165) is 23.3 Å². The molecule has 0 radical (unpaired) electrons. The molecule has 1 aliphatic heterocycles. The van der Waals surface area contributed by atoms with Gasteiger partial charge in [-0.05, 0) is 24.7 Å². The monoisotopic (exact) mass is 209 g/mol. The number of thioether (sulfide) groups is 1. The molecule has 1 aromatic rings. The van der Waals surface area contributed by atoms with E-state index in [4.69, 9.17) is 0 Å². The van der Waals surface area contributed by atoms with Gasteiger partial charge in [0.05, 0.1) is 0 Å². The highest BCUT2D eigenvalue weighted by molar-refractivity contribution is 8.00. The number of hydrogen-bond acceptors (Lipinski definition) is 3. The molecular weight excluding hydrogens is 194 g/mol. The van der Waals surface area contributed by atoms with Crippen LogP contribution in [0.25, 0.3) is 0 Å². The highest BCUT2D eigenvalue weighted by Crippen LogP contribution is 2.42. The van der Waals surface area contributed by atoms with Crippen molar-refractivity contribution in [2.24, 2.45) is 0 Å². The Morgan fingerprint density at radius 3 is 2.93 bits per heavy atom. The summed E-state index contributed by atoms with van der Waals surface area (Å²) in [7, 11) is 0. The van der Waals surface area contributed by atoms with Crippen LogP contribution in [0.1, 0.15) is 24.5 Å². The minimum atomic E-state index is -0.663. The molecule has 1 N–H and O–H groups in total. The highest BCUT2D eigenvalue weighted by atomic mass is 32.2. The van der Waals surface area contributed by atoms with Crippen molar-refractivity contribution in [3.8, 4) is 0 Å². The second-order valence-corrected chi connectivity index (χ2v) is 5.39. The summed E-state index contributed by atoms with van der Waals surface area (Å²) in [5.41, 5.74) is 1.42. The smallest absolute Gasteiger partial charge is 0.103 e. The Bertz CT molecular complexity index is 342. The van der Waals surface area contributed by atoms with Crippen LogP contribution in [0, 0.1) is 6.92 Å². The first-order valence-corrected chi connectivity index (χ1v) is 5.94. The predicted molar refractivity (Wildman–Crippen MR) is 59.4 cm³/mol. The molecule has 14 heavy (non-hydrogen) atoms. The Hall–Kier alpha value is -0.540. The van der Waals surface area contributed by atoms with E-state index in [1.54, 1.807) is 6.20 Å². The number of aromatic nitrogens is 1. The standard InChI is InChI=1S/C11H15NOS/c1-8-5-10(7-12-6-8)11(13)3-4-14-9(11)2/h5-7,9,13H,3-4H2,1-2H3. The number of nitrogens with zero attached hydrogens (tertiary/aromatic N) is 1. The van der Waals surface area contributed by atoms with Gasteiger partial charge in [-0.3, -0.25) is 4.98 Å². The molecule has 1 fully saturated rings. The van der Waals surface area contributed by atoms with Gasteiger partial charge in [0, 0.05) is 23.2 Å².